The molecule has 1 saturated heterocycles. The van der Waals surface area contributed by atoms with Crippen molar-refractivity contribution < 1.29 is 4.74 Å². The van der Waals surface area contributed by atoms with Crippen molar-refractivity contribution >= 4 is 27.4 Å². The molecule has 38 heavy (non-hydrogen) atoms. The van der Waals surface area contributed by atoms with Crippen LogP contribution >= 0.6 is 11.3 Å². The zero-order valence-electron chi connectivity index (χ0n) is 23.3. The Bertz CT molecular complexity index is 1360. The number of aryl methyl sites for hydroxylation is 3. The SMILES string of the molecule is CCCc1nc(NC2CCN(Cc3ccc(OC(C)C)c(Cn4cccn4)c3)CC2)c2c(C)c(C)sc2n1. The predicted octanol–water partition coefficient (Wildman–Crippen LogP) is 6.37. The van der Waals surface area contributed by atoms with E-state index in [-0.39, 0.29) is 6.10 Å². The Hall–Kier alpha value is -2.97. The van der Waals surface area contributed by atoms with E-state index in [1.165, 1.54) is 27.0 Å². The quantitative estimate of drug-likeness (QED) is 0.256. The van der Waals surface area contributed by atoms with Gasteiger partial charge in [-0.3, -0.25) is 9.58 Å². The molecule has 0 radical (unpaired) electrons. The topological polar surface area (TPSA) is 68.1 Å². The van der Waals surface area contributed by atoms with Crippen molar-refractivity contribution in [1.82, 2.24) is 24.6 Å². The lowest BCUT2D eigenvalue weighted by Gasteiger charge is -2.33. The number of anilines is 1. The number of thiophene rings is 1. The van der Waals surface area contributed by atoms with Gasteiger partial charge in [-0.25, -0.2) is 9.97 Å². The molecule has 0 amide bonds. The molecule has 0 unspecified atom stereocenters. The highest BCUT2D eigenvalue weighted by atomic mass is 32.1. The average molecular weight is 533 g/mol. The Balaban J connectivity index is 1.25. The van der Waals surface area contributed by atoms with Gasteiger partial charge in [0.25, 0.3) is 0 Å². The van der Waals surface area contributed by atoms with Crippen LogP contribution in [0.15, 0.2) is 36.7 Å². The molecule has 7 nitrogen and oxygen atoms in total. The van der Waals surface area contributed by atoms with E-state index < -0.39 is 0 Å². The van der Waals surface area contributed by atoms with Gasteiger partial charge in [-0.1, -0.05) is 13.0 Å². The fraction of sp³-hybridized carbons (Fsp3) is 0.500. The number of rotatable bonds is 10. The van der Waals surface area contributed by atoms with Crippen LogP contribution in [0.25, 0.3) is 10.2 Å². The van der Waals surface area contributed by atoms with Crippen LogP contribution < -0.4 is 10.1 Å². The Morgan fingerprint density at radius 1 is 1.13 bits per heavy atom. The first kappa shape index (κ1) is 26.6. The molecule has 1 fully saturated rings. The van der Waals surface area contributed by atoms with Gasteiger partial charge in [-0.2, -0.15) is 5.10 Å². The van der Waals surface area contributed by atoms with E-state index in [2.05, 4.69) is 68.1 Å². The van der Waals surface area contributed by atoms with E-state index in [4.69, 9.17) is 14.7 Å². The molecule has 1 aliphatic rings. The number of hydrogen-bond acceptors (Lipinski definition) is 7. The third kappa shape index (κ3) is 6.18. The van der Waals surface area contributed by atoms with Gasteiger partial charge in [0.1, 0.15) is 22.2 Å². The monoisotopic (exact) mass is 532 g/mol. The summed E-state index contributed by atoms with van der Waals surface area (Å²) in [7, 11) is 0. The highest BCUT2D eigenvalue weighted by molar-refractivity contribution is 7.18. The maximum Gasteiger partial charge on any atom is 0.139 e. The smallest absolute Gasteiger partial charge is 0.139 e. The van der Waals surface area contributed by atoms with Gasteiger partial charge in [-0.15, -0.1) is 11.3 Å². The fourth-order valence-electron chi connectivity index (χ4n) is 5.21. The Kier molecular flexibility index (Phi) is 8.29. The van der Waals surface area contributed by atoms with Crippen LogP contribution in [-0.2, 0) is 19.5 Å². The van der Waals surface area contributed by atoms with Crippen molar-refractivity contribution in [2.75, 3.05) is 18.4 Å². The van der Waals surface area contributed by atoms with Crippen LogP contribution in [0.1, 0.15) is 67.4 Å². The highest BCUT2D eigenvalue weighted by Gasteiger charge is 2.22. The summed E-state index contributed by atoms with van der Waals surface area (Å²) < 4.78 is 8.06. The lowest BCUT2D eigenvalue weighted by Crippen LogP contribution is -2.38. The molecule has 202 valence electrons. The number of fused-ring (bicyclic) bond motifs is 1. The van der Waals surface area contributed by atoms with E-state index in [1.54, 1.807) is 11.3 Å². The van der Waals surface area contributed by atoms with E-state index in [0.717, 1.165) is 67.5 Å². The lowest BCUT2D eigenvalue weighted by atomic mass is 10.0. The van der Waals surface area contributed by atoms with Gasteiger partial charge >= 0.3 is 0 Å². The highest BCUT2D eigenvalue weighted by Crippen LogP contribution is 2.34. The number of hydrogen-bond donors (Lipinski definition) is 1. The minimum atomic E-state index is 0.139. The molecule has 1 aliphatic heterocycles. The predicted molar refractivity (Wildman–Crippen MR) is 156 cm³/mol. The molecule has 5 rings (SSSR count). The van der Waals surface area contributed by atoms with E-state index >= 15 is 0 Å². The third-order valence-electron chi connectivity index (χ3n) is 7.26. The molecule has 1 N–H and O–H groups in total. The number of nitrogens with zero attached hydrogens (tertiary/aromatic N) is 5. The molecule has 1 aromatic carbocycles. The number of nitrogens with one attached hydrogen (secondary N) is 1. The number of benzene rings is 1. The normalized spacial score (nSPS) is 15.0. The van der Waals surface area contributed by atoms with Crippen LogP contribution in [0, 0.1) is 13.8 Å². The first-order chi connectivity index (χ1) is 18.4. The molecular formula is C30H40N6OS. The van der Waals surface area contributed by atoms with Crippen LogP contribution in [0.4, 0.5) is 5.82 Å². The number of likely N-dealkylation sites (tertiary alicyclic amines) is 1. The summed E-state index contributed by atoms with van der Waals surface area (Å²) in [5.41, 5.74) is 3.80. The van der Waals surface area contributed by atoms with E-state index in [1.807, 2.05) is 23.1 Å². The van der Waals surface area contributed by atoms with Crippen molar-refractivity contribution in [1.29, 1.82) is 0 Å². The van der Waals surface area contributed by atoms with Gasteiger partial charge in [-0.05, 0) is 76.3 Å². The molecule has 8 heteroatoms. The molecule has 0 atom stereocenters. The van der Waals surface area contributed by atoms with Crippen molar-refractivity contribution in [2.24, 2.45) is 0 Å². The minimum Gasteiger partial charge on any atom is -0.491 e. The van der Waals surface area contributed by atoms with Crippen LogP contribution in [0.2, 0.25) is 0 Å². The summed E-state index contributed by atoms with van der Waals surface area (Å²) >= 11 is 1.79. The minimum absolute atomic E-state index is 0.139. The first-order valence-corrected chi connectivity index (χ1v) is 14.7. The average Bonchev–Trinajstić information content (AvgIpc) is 3.49. The second-order valence-electron chi connectivity index (χ2n) is 10.7. The van der Waals surface area contributed by atoms with Crippen molar-refractivity contribution in [3.8, 4) is 5.75 Å². The molecular weight excluding hydrogens is 492 g/mol. The third-order valence-corrected chi connectivity index (χ3v) is 8.36. The van der Waals surface area contributed by atoms with Gasteiger partial charge < -0.3 is 10.1 Å². The Labute approximate surface area is 230 Å². The summed E-state index contributed by atoms with van der Waals surface area (Å²) in [6.45, 7) is 14.5. The summed E-state index contributed by atoms with van der Waals surface area (Å²) in [5.74, 6) is 2.93. The molecule has 4 aromatic rings. The molecule has 3 aromatic heterocycles. The van der Waals surface area contributed by atoms with Gasteiger partial charge in [0.2, 0.25) is 0 Å². The summed E-state index contributed by atoms with van der Waals surface area (Å²) in [6.07, 6.45) is 8.14. The summed E-state index contributed by atoms with van der Waals surface area (Å²) in [5, 5.41) is 9.43. The van der Waals surface area contributed by atoms with E-state index in [9.17, 15) is 0 Å². The maximum absolute atomic E-state index is 6.10. The fourth-order valence-corrected chi connectivity index (χ4v) is 6.26. The Morgan fingerprint density at radius 3 is 2.66 bits per heavy atom. The molecule has 0 aliphatic carbocycles. The standard InChI is InChI=1S/C30H40N6OS/c1-6-8-27-33-29(28-21(4)22(5)38-30(28)34-27)32-25-11-15-35(16-12-25)18-23-9-10-26(37-20(2)3)24(17-23)19-36-14-7-13-31-36/h7,9-10,13-14,17,20,25H,6,8,11-12,15-16,18-19H2,1-5H3,(H,32,33,34). The molecule has 0 saturated carbocycles. The molecule has 0 bridgehead atoms. The molecule has 0 spiro atoms. The number of piperidine rings is 1. The zero-order valence-corrected chi connectivity index (χ0v) is 24.1. The first-order valence-electron chi connectivity index (χ1n) is 13.9. The van der Waals surface area contributed by atoms with Gasteiger partial charge in [0.15, 0.2) is 0 Å². The van der Waals surface area contributed by atoms with Crippen molar-refractivity contribution in [3.63, 3.8) is 0 Å². The van der Waals surface area contributed by atoms with Gasteiger partial charge in [0.05, 0.1) is 18.0 Å². The van der Waals surface area contributed by atoms with Crippen LogP contribution in [0.3, 0.4) is 0 Å². The molecule has 4 heterocycles. The van der Waals surface area contributed by atoms with Crippen molar-refractivity contribution in [3.05, 3.63) is 64.1 Å². The lowest BCUT2D eigenvalue weighted by molar-refractivity contribution is 0.210. The second kappa shape index (κ2) is 11.8. The van der Waals surface area contributed by atoms with E-state index in [0.29, 0.717) is 12.6 Å². The second-order valence-corrected chi connectivity index (χ2v) is 11.9. The van der Waals surface area contributed by atoms with Crippen LogP contribution in [-0.4, -0.2) is 49.9 Å². The maximum atomic E-state index is 6.10. The Morgan fingerprint density at radius 2 is 1.95 bits per heavy atom. The van der Waals surface area contributed by atoms with Crippen LogP contribution in [0.5, 0.6) is 5.75 Å². The summed E-state index contributed by atoms with van der Waals surface area (Å²) in [6, 6.07) is 9.02. The number of ether oxygens (including phenoxy) is 1. The largest absolute Gasteiger partial charge is 0.491 e. The van der Waals surface area contributed by atoms with Gasteiger partial charge in [0, 0.05) is 54.9 Å². The number of aromatic nitrogens is 4. The summed E-state index contributed by atoms with van der Waals surface area (Å²) in [4.78, 5) is 14.8. The van der Waals surface area contributed by atoms with Crippen molar-refractivity contribution in [2.45, 2.75) is 85.5 Å². The zero-order chi connectivity index (χ0) is 26.6.